The highest BCUT2D eigenvalue weighted by Crippen LogP contribution is 2.36. The highest BCUT2D eigenvalue weighted by molar-refractivity contribution is 7.21. The number of nitrogens with zero attached hydrogens (tertiary/aromatic N) is 3. The first-order valence-corrected chi connectivity index (χ1v) is 11.6. The van der Waals surface area contributed by atoms with E-state index in [2.05, 4.69) is 65.5 Å². The molecule has 2 aliphatic rings. The van der Waals surface area contributed by atoms with E-state index in [1.807, 2.05) is 25.3 Å². The van der Waals surface area contributed by atoms with Crippen molar-refractivity contribution in [3.63, 3.8) is 0 Å². The lowest BCUT2D eigenvalue weighted by Gasteiger charge is -2.13. The SMILES string of the molecule is CC[N+](CC)=c1ccc2nc3c(cc(NCCCNC)c4nc(C)ccc43)sc-2c1.[Cl-]. The van der Waals surface area contributed by atoms with Crippen LogP contribution in [0.25, 0.3) is 31.7 Å². The molecule has 0 amide bonds. The number of halogens is 1. The summed E-state index contributed by atoms with van der Waals surface area (Å²) in [6, 6.07) is 13.1. The molecule has 1 aliphatic carbocycles. The van der Waals surface area contributed by atoms with Crippen LogP contribution in [0.1, 0.15) is 26.0 Å². The predicted octanol–water partition coefficient (Wildman–Crippen LogP) is 1.10. The molecule has 1 aromatic carbocycles. The summed E-state index contributed by atoms with van der Waals surface area (Å²) in [5.41, 5.74) is 5.19. The van der Waals surface area contributed by atoms with Gasteiger partial charge in [0.15, 0.2) is 0 Å². The molecule has 0 atom stereocenters. The normalized spacial score (nSPS) is 11.1. The van der Waals surface area contributed by atoms with Gasteiger partial charge in [0.25, 0.3) is 0 Å². The zero-order chi connectivity index (χ0) is 21.1. The van der Waals surface area contributed by atoms with E-state index in [1.54, 1.807) is 0 Å². The number of aryl methyl sites for hydroxylation is 1. The van der Waals surface area contributed by atoms with Gasteiger partial charge in [0, 0.05) is 29.8 Å². The quantitative estimate of drug-likeness (QED) is 0.190. The highest BCUT2D eigenvalue weighted by Gasteiger charge is 2.15. The Balaban J connectivity index is 0.00000272. The molecule has 2 N–H and O–H groups in total. The Hall–Kier alpha value is -2.28. The molecule has 0 unspecified atom stereocenters. The third-order valence-corrected chi connectivity index (χ3v) is 6.57. The van der Waals surface area contributed by atoms with Gasteiger partial charge in [-0.2, -0.15) is 0 Å². The maximum atomic E-state index is 5.05. The van der Waals surface area contributed by atoms with Crippen molar-refractivity contribution in [2.45, 2.75) is 27.2 Å². The summed E-state index contributed by atoms with van der Waals surface area (Å²) in [7, 11) is 1.99. The van der Waals surface area contributed by atoms with Gasteiger partial charge in [-0.25, -0.2) is 9.56 Å². The predicted molar refractivity (Wildman–Crippen MR) is 130 cm³/mol. The van der Waals surface area contributed by atoms with E-state index in [9.17, 15) is 0 Å². The molecule has 7 heteroatoms. The van der Waals surface area contributed by atoms with Crippen molar-refractivity contribution in [1.82, 2.24) is 19.9 Å². The van der Waals surface area contributed by atoms with E-state index < -0.39 is 0 Å². The second-order valence-corrected chi connectivity index (χ2v) is 8.63. The van der Waals surface area contributed by atoms with Gasteiger partial charge in [-0.1, -0.05) is 0 Å². The fourth-order valence-electron chi connectivity index (χ4n) is 3.87. The zero-order valence-corrected chi connectivity index (χ0v) is 20.2. The molecule has 164 valence electrons. The van der Waals surface area contributed by atoms with Crippen molar-refractivity contribution in [1.29, 1.82) is 0 Å². The fraction of sp³-hybridized carbons (Fsp3) is 0.375. The third kappa shape index (κ3) is 4.81. The first kappa shape index (κ1) is 23.4. The lowest BCUT2D eigenvalue weighted by molar-refractivity contribution is -0.00000627. The molecule has 0 saturated heterocycles. The van der Waals surface area contributed by atoms with E-state index in [0.29, 0.717) is 0 Å². The maximum Gasteiger partial charge on any atom is 0.201 e. The van der Waals surface area contributed by atoms with Gasteiger partial charge in [0.2, 0.25) is 5.36 Å². The van der Waals surface area contributed by atoms with Gasteiger partial charge >= 0.3 is 0 Å². The Labute approximate surface area is 194 Å². The standard InChI is InChI=1S/C24H29N5S.ClH/c1-5-29(6-2)17-9-11-19-21(14-17)30-22-15-20(26-13-7-12-25-4)23-18(24(22)28-19)10-8-16(3)27-23;/h8-11,14-15,25H,5-7,12-13H2,1-4H3;1H. The summed E-state index contributed by atoms with van der Waals surface area (Å²) >= 11 is 1.81. The molecule has 0 saturated carbocycles. The van der Waals surface area contributed by atoms with Crippen LogP contribution < -0.4 is 33.0 Å². The minimum absolute atomic E-state index is 0. The lowest BCUT2D eigenvalue weighted by Crippen LogP contribution is -3.00. The maximum absolute atomic E-state index is 5.05. The number of fused-ring (bicyclic) bond motifs is 4. The van der Waals surface area contributed by atoms with Crippen LogP contribution in [0.2, 0.25) is 0 Å². The molecule has 0 spiro atoms. The topological polar surface area (TPSA) is 52.9 Å². The monoisotopic (exact) mass is 455 g/mol. The smallest absolute Gasteiger partial charge is 0.201 e. The second kappa shape index (κ2) is 10.4. The largest absolute Gasteiger partial charge is 1.00 e. The molecule has 5 nitrogen and oxygen atoms in total. The Morgan fingerprint density at radius 2 is 1.77 bits per heavy atom. The molecule has 2 heterocycles. The minimum Gasteiger partial charge on any atom is -1.00 e. The van der Waals surface area contributed by atoms with Crippen molar-refractivity contribution < 1.29 is 12.4 Å². The van der Waals surface area contributed by atoms with E-state index in [-0.39, 0.29) is 12.4 Å². The van der Waals surface area contributed by atoms with Crippen molar-refractivity contribution in [2.24, 2.45) is 0 Å². The first-order valence-electron chi connectivity index (χ1n) is 10.8. The summed E-state index contributed by atoms with van der Waals surface area (Å²) in [5.74, 6) is 0. The molecule has 31 heavy (non-hydrogen) atoms. The van der Waals surface area contributed by atoms with E-state index >= 15 is 0 Å². The Bertz CT molecular complexity index is 1230. The van der Waals surface area contributed by atoms with Crippen LogP contribution in [0.5, 0.6) is 0 Å². The van der Waals surface area contributed by atoms with Crippen LogP contribution in [-0.4, -0.2) is 43.2 Å². The van der Waals surface area contributed by atoms with E-state index in [4.69, 9.17) is 9.97 Å². The van der Waals surface area contributed by atoms with Crippen molar-refractivity contribution in [2.75, 3.05) is 38.5 Å². The number of hydrogen-bond donors (Lipinski definition) is 2. The number of nitrogens with one attached hydrogen (secondary N) is 2. The molecule has 4 rings (SSSR count). The van der Waals surface area contributed by atoms with Gasteiger partial charge in [0.1, 0.15) is 13.1 Å². The first-order chi connectivity index (χ1) is 14.6. The van der Waals surface area contributed by atoms with Crippen molar-refractivity contribution in [3.8, 4) is 10.6 Å². The summed E-state index contributed by atoms with van der Waals surface area (Å²) < 4.78 is 3.56. The zero-order valence-electron chi connectivity index (χ0n) is 18.6. The number of benzene rings is 2. The van der Waals surface area contributed by atoms with Crippen LogP contribution in [0.3, 0.4) is 0 Å². The molecule has 1 aromatic heterocycles. The molecular weight excluding hydrogens is 426 g/mol. The summed E-state index contributed by atoms with van der Waals surface area (Å²) in [5, 5.41) is 9.18. The van der Waals surface area contributed by atoms with Gasteiger partial charge in [-0.15, -0.1) is 11.3 Å². The van der Waals surface area contributed by atoms with Crippen molar-refractivity contribution >= 4 is 38.1 Å². The van der Waals surface area contributed by atoms with Gasteiger partial charge in [-0.3, -0.25) is 4.98 Å². The average molecular weight is 456 g/mol. The van der Waals surface area contributed by atoms with Gasteiger partial charge in [0.05, 0.1) is 32.0 Å². The number of anilines is 1. The molecule has 0 bridgehead atoms. The molecule has 2 aromatic rings. The van der Waals surface area contributed by atoms with Crippen LogP contribution in [0.15, 0.2) is 36.4 Å². The average Bonchev–Trinajstić information content (AvgIpc) is 2.76. The number of rotatable bonds is 7. The Kier molecular flexibility index (Phi) is 7.81. The van der Waals surface area contributed by atoms with Gasteiger partial charge < -0.3 is 23.0 Å². The number of aromatic nitrogens is 2. The summed E-state index contributed by atoms with van der Waals surface area (Å²) in [6.45, 7) is 10.3. The third-order valence-electron chi connectivity index (χ3n) is 5.50. The molecule has 0 fully saturated rings. The van der Waals surface area contributed by atoms with E-state index in [1.165, 1.54) is 14.9 Å². The van der Waals surface area contributed by atoms with E-state index in [0.717, 1.165) is 66.1 Å². The summed E-state index contributed by atoms with van der Waals surface area (Å²) in [4.78, 5) is 11.1. The highest BCUT2D eigenvalue weighted by atomic mass is 35.5. The lowest BCUT2D eigenvalue weighted by atomic mass is 10.1. The van der Waals surface area contributed by atoms with Crippen LogP contribution in [-0.2, 0) is 0 Å². The number of pyridine rings is 1. The molecule has 1 aliphatic heterocycles. The molecular formula is C24H30ClN5S. The Morgan fingerprint density at radius 1 is 0.968 bits per heavy atom. The van der Waals surface area contributed by atoms with Crippen molar-refractivity contribution in [3.05, 3.63) is 47.4 Å². The van der Waals surface area contributed by atoms with Crippen LogP contribution >= 0.6 is 11.3 Å². The summed E-state index contributed by atoms with van der Waals surface area (Å²) in [6.07, 6.45) is 1.06. The second-order valence-electron chi connectivity index (χ2n) is 7.54. The minimum atomic E-state index is 0. The van der Waals surface area contributed by atoms with Gasteiger partial charge in [-0.05, 0) is 65.0 Å². The number of hydrogen-bond acceptors (Lipinski definition) is 5. The van der Waals surface area contributed by atoms with Crippen LogP contribution in [0.4, 0.5) is 5.69 Å². The molecule has 0 radical (unpaired) electrons. The fourth-order valence-corrected chi connectivity index (χ4v) is 4.93. The Morgan fingerprint density at radius 3 is 2.52 bits per heavy atom. The van der Waals surface area contributed by atoms with Crippen LogP contribution in [0, 0.1) is 6.92 Å².